The molecule has 0 aliphatic heterocycles. The Morgan fingerprint density at radius 2 is 2.37 bits per heavy atom. The molecule has 2 aromatic rings. The van der Waals surface area contributed by atoms with Gasteiger partial charge in [0.15, 0.2) is 5.82 Å². The van der Waals surface area contributed by atoms with Crippen molar-refractivity contribution in [1.82, 2.24) is 19.7 Å². The fourth-order valence-corrected chi connectivity index (χ4v) is 2.33. The molecule has 102 valence electrons. The monoisotopic (exact) mass is 279 g/mol. The van der Waals surface area contributed by atoms with Gasteiger partial charge in [0.1, 0.15) is 0 Å². The summed E-state index contributed by atoms with van der Waals surface area (Å²) in [5, 5.41) is 9.91. The number of aryl methyl sites for hydroxylation is 2. The van der Waals surface area contributed by atoms with Gasteiger partial charge in [-0.05, 0) is 14.0 Å². The largest absolute Gasteiger partial charge is 0.308 e. The van der Waals surface area contributed by atoms with Crippen molar-refractivity contribution in [3.05, 3.63) is 28.3 Å². The molecule has 2 aromatic heterocycles. The summed E-state index contributed by atoms with van der Waals surface area (Å²) in [6.45, 7) is 2.95. The average molecular weight is 279 g/mol. The second-order valence-corrected chi connectivity index (χ2v) is 5.52. The zero-order chi connectivity index (χ0) is 13.8. The van der Waals surface area contributed by atoms with Gasteiger partial charge in [-0.25, -0.2) is 4.98 Å². The van der Waals surface area contributed by atoms with E-state index in [2.05, 4.69) is 15.4 Å². The summed E-state index contributed by atoms with van der Waals surface area (Å²) in [4.78, 5) is 18.1. The number of anilines is 1. The third-order valence-electron chi connectivity index (χ3n) is 2.49. The molecule has 0 saturated heterocycles. The minimum atomic E-state index is -0.0758. The van der Waals surface area contributed by atoms with Crippen molar-refractivity contribution < 1.29 is 4.79 Å². The number of hydrogen-bond acceptors (Lipinski definition) is 5. The molecule has 0 atom stereocenters. The van der Waals surface area contributed by atoms with E-state index < -0.39 is 0 Å². The van der Waals surface area contributed by atoms with E-state index in [1.54, 1.807) is 28.3 Å². The lowest BCUT2D eigenvalue weighted by Crippen LogP contribution is -2.30. The number of thiazole rings is 1. The van der Waals surface area contributed by atoms with Gasteiger partial charge in [-0.1, -0.05) is 0 Å². The predicted octanol–water partition coefficient (Wildman–Crippen LogP) is 1.26. The fraction of sp³-hybridized carbons (Fsp3) is 0.417. The minimum Gasteiger partial charge on any atom is -0.308 e. The quantitative estimate of drug-likeness (QED) is 0.895. The molecule has 0 aliphatic rings. The van der Waals surface area contributed by atoms with Gasteiger partial charge >= 0.3 is 0 Å². The van der Waals surface area contributed by atoms with Crippen LogP contribution in [0.3, 0.4) is 0 Å². The van der Waals surface area contributed by atoms with Crippen LogP contribution in [0.4, 0.5) is 5.82 Å². The normalized spacial score (nSPS) is 10.9. The highest BCUT2D eigenvalue weighted by atomic mass is 32.1. The van der Waals surface area contributed by atoms with Crippen LogP contribution in [0.2, 0.25) is 0 Å². The van der Waals surface area contributed by atoms with Crippen LogP contribution in [-0.2, 0) is 18.4 Å². The molecule has 0 bridgehead atoms. The molecule has 7 heteroatoms. The molecule has 1 N–H and O–H groups in total. The van der Waals surface area contributed by atoms with Crippen molar-refractivity contribution in [2.75, 3.05) is 18.9 Å². The second-order valence-electron chi connectivity index (χ2n) is 4.45. The molecule has 19 heavy (non-hydrogen) atoms. The lowest BCUT2D eigenvalue weighted by molar-refractivity contribution is -0.117. The van der Waals surface area contributed by atoms with Gasteiger partial charge in [-0.2, -0.15) is 5.10 Å². The van der Waals surface area contributed by atoms with Crippen molar-refractivity contribution in [2.24, 2.45) is 7.05 Å². The molecule has 2 rings (SSSR count). The van der Waals surface area contributed by atoms with E-state index in [1.165, 1.54) is 0 Å². The van der Waals surface area contributed by atoms with Gasteiger partial charge in [-0.3, -0.25) is 14.4 Å². The number of amides is 1. The van der Waals surface area contributed by atoms with Crippen molar-refractivity contribution in [3.63, 3.8) is 0 Å². The Balaban J connectivity index is 1.81. The third-order valence-corrected chi connectivity index (χ3v) is 3.32. The topological polar surface area (TPSA) is 63.1 Å². The number of carbonyl (C=O) groups excluding carboxylic acids is 1. The Morgan fingerprint density at radius 1 is 1.58 bits per heavy atom. The van der Waals surface area contributed by atoms with Gasteiger partial charge in [-0.15, -0.1) is 11.3 Å². The van der Waals surface area contributed by atoms with E-state index in [9.17, 15) is 4.79 Å². The van der Waals surface area contributed by atoms with E-state index in [1.807, 2.05) is 31.3 Å². The Labute approximate surface area is 116 Å². The summed E-state index contributed by atoms with van der Waals surface area (Å²) < 4.78 is 1.65. The zero-order valence-electron chi connectivity index (χ0n) is 11.3. The summed E-state index contributed by atoms with van der Waals surface area (Å²) >= 11 is 1.62. The predicted molar refractivity (Wildman–Crippen MR) is 75.0 cm³/mol. The van der Waals surface area contributed by atoms with E-state index in [0.717, 1.165) is 10.7 Å². The summed E-state index contributed by atoms with van der Waals surface area (Å²) in [5.41, 5.74) is 0.996. The fourth-order valence-electron chi connectivity index (χ4n) is 1.72. The molecule has 1 amide bonds. The van der Waals surface area contributed by atoms with Crippen molar-refractivity contribution >= 4 is 23.1 Å². The first-order valence-corrected chi connectivity index (χ1v) is 6.80. The number of nitrogens with zero attached hydrogens (tertiary/aromatic N) is 4. The number of rotatable bonds is 5. The van der Waals surface area contributed by atoms with Gasteiger partial charge in [0, 0.05) is 31.2 Å². The van der Waals surface area contributed by atoms with Crippen LogP contribution >= 0.6 is 11.3 Å². The van der Waals surface area contributed by atoms with E-state index in [0.29, 0.717) is 18.9 Å². The van der Waals surface area contributed by atoms with Crippen LogP contribution in [0.15, 0.2) is 17.6 Å². The Morgan fingerprint density at radius 3 is 2.95 bits per heavy atom. The molecule has 6 nitrogen and oxygen atoms in total. The first kappa shape index (κ1) is 13.7. The first-order valence-electron chi connectivity index (χ1n) is 5.92. The van der Waals surface area contributed by atoms with Crippen LogP contribution in [-0.4, -0.2) is 39.2 Å². The minimum absolute atomic E-state index is 0.0758. The number of likely N-dealkylation sites (N-methyl/N-ethyl adjacent to an activating group) is 1. The molecule has 0 saturated carbocycles. The standard InChI is InChI=1S/C12H17N5OS/c1-9-13-10(8-19-9)6-16(2)7-12(18)14-11-4-5-17(3)15-11/h4-5,8H,6-7H2,1-3H3,(H,14,15,18). The lowest BCUT2D eigenvalue weighted by Gasteiger charge is -2.14. The molecule has 0 aliphatic carbocycles. The number of carbonyl (C=O) groups is 1. The van der Waals surface area contributed by atoms with Crippen LogP contribution in [0.5, 0.6) is 0 Å². The molecule has 0 radical (unpaired) electrons. The maximum atomic E-state index is 11.8. The first-order chi connectivity index (χ1) is 9.02. The van der Waals surface area contributed by atoms with Crippen molar-refractivity contribution in [3.8, 4) is 0 Å². The van der Waals surface area contributed by atoms with Crippen molar-refractivity contribution in [1.29, 1.82) is 0 Å². The lowest BCUT2D eigenvalue weighted by atomic mass is 10.4. The molecule has 0 unspecified atom stereocenters. The second kappa shape index (κ2) is 5.94. The van der Waals surface area contributed by atoms with Crippen LogP contribution in [0.25, 0.3) is 0 Å². The van der Waals surface area contributed by atoms with Crippen LogP contribution in [0.1, 0.15) is 10.7 Å². The number of nitrogens with one attached hydrogen (secondary N) is 1. The summed E-state index contributed by atoms with van der Waals surface area (Å²) in [5.74, 6) is 0.499. The summed E-state index contributed by atoms with van der Waals surface area (Å²) in [7, 11) is 3.71. The third kappa shape index (κ3) is 4.15. The van der Waals surface area contributed by atoms with Crippen LogP contribution < -0.4 is 5.32 Å². The average Bonchev–Trinajstić information content (AvgIpc) is 2.87. The SMILES string of the molecule is Cc1nc(CN(C)CC(=O)Nc2ccn(C)n2)cs1. The van der Waals surface area contributed by atoms with Gasteiger partial charge in [0.25, 0.3) is 0 Å². The molecule has 2 heterocycles. The highest BCUT2D eigenvalue weighted by Gasteiger charge is 2.10. The van der Waals surface area contributed by atoms with Crippen molar-refractivity contribution in [2.45, 2.75) is 13.5 Å². The van der Waals surface area contributed by atoms with Gasteiger partial charge in [0.05, 0.1) is 17.2 Å². The van der Waals surface area contributed by atoms with Gasteiger partial charge < -0.3 is 5.32 Å². The number of hydrogen-bond donors (Lipinski definition) is 1. The van der Waals surface area contributed by atoms with E-state index in [4.69, 9.17) is 0 Å². The Kier molecular flexibility index (Phi) is 4.28. The van der Waals surface area contributed by atoms with E-state index in [-0.39, 0.29) is 5.91 Å². The molecular formula is C12H17N5OS. The highest BCUT2D eigenvalue weighted by Crippen LogP contribution is 2.09. The highest BCUT2D eigenvalue weighted by molar-refractivity contribution is 7.09. The Bertz CT molecular complexity index is 562. The van der Waals surface area contributed by atoms with E-state index >= 15 is 0 Å². The van der Waals surface area contributed by atoms with Crippen LogP contribution in [0, 0.1) is 6.92 Å². The molecule has 0 aromatic carbocycles. The summed E-state index contributed by atoms with van der Waals surface area (Å²) in [6, 6.07) is 1.77. The zero-order valence-corrected chi connectivity index (χ0v) is 12.1. The van der Waals surface area contributed by atoms with Gasteiger partial charge in [0.2, 0.25) is 5.91 Å². The number of aromatic nitrogens is 3. The maximum absolute atomic E-state index is 11.8. The maximum Gasteiger partial charge on any atom is 0.239 e. The molecule has 0 spiro atoms. The molecule has 0 fully saturated rings. The Hall–Kier alpha value is -1.73. The smallest absolute Gasteiger partial charge is 0.239 e. The summed E-state index contributed by atoms with van der Waals surface area (Å²) in [6.07, 6.45) is 1.79. The molecular weight excluding hydrogens is 262 g/mol.